The molecule has 0 fully saturated rings. The Labute approximate surface area is 235 Å². The van der Waals surface area contributed by atoms with Gasteiger partial charge in [0.25, 0.3) is 0 Å². The monoisotopic (exact) mass is 624 g/mol. The summed E-state index contributed by atoms with van der Waals surface area (Å²) in [6.07, 6.45) is -6.40. The number of alkyl halides is 13. The Morgan fingerprint density at radius 1 is 0.744 bits per heavy atom. The zero-order valence-electron chi connectivity index (χ0n) is 19.9. The standard InChI is InChI=1S/C20H19F13O4S.Na/c1-2-3-4-5-6-13(38(35,36)37)14(34)11-7-9-12(10-8-11)15(21,22)16(23,24)17(25,26)18(27,28)19(29,30)20(31,32)33;/h7-10,13H,2-6H2,1H3,(H,35,36,37);/q;+1/p-1. The van der Waals surface area contributed by atoms with Gasteiger partial charge in [0.1, 0.15) is 15.4 Å². The van der Waals surface area contributed by atoms with E-state index in [4.69, 9.17) is 0 Å². The molecule has 0 heterocycles. The Balaban J connectivity index is 0.0000144. The van der Waals surface area contributed by atoms with E-state index in [9.17, 15) is 74.8 Å². The quantitative estimate of drug-likeness (QED) is 0.110. The molecule has 0 aliphatic carbocycles. The Morgan fingerprint density at radius 2 is 1.18 bits per heavy atom. The van der Waals surface area contributed by atoms with Crippen LogP contribution < -0.4 is 29.6 Å². The summed E-state index contributed by atoms with van der Waals surface area (Å²) in [6, 6.07) is -0.287. The van der Waals surface area contributed by atoms with Gasteiger partial charge in [-0.3, -0.25) is 4.79 Å². The van der Waals surface area contributed by atoms with Crippen LogP contribution in [0.1, 0.15) is 54.9 Å². The molecular formula is C20H18F13NaO4S. The number of benzene rings is 1. The minimum absolute atomic E-state index is 0. The van der Waals surface area contributed by atoms with Gasteiger partial charge in [-0.15, -0.1) is 0 Å². The fourth-order valence-electron chi connectivity index (χ4n) is 3.14. The predicted octanol–water partition coefficient (Wildman–Crippen LogP) is 3.95. The van der Waals surface area contributed by atoms with Gasteiger partial charge >= 0.3 is 65.3 Å². The summed E-state index contributed by atoms with van der Waals surface area (Å²) < 4.78 is 207. The van der Waals surface area contributed by atoms with Crippen molar-refractivity contribution in [1.82, 2.24) is 0 Å². The van der Waals surface area contributed by atoms with E-state index < -0.39 is 74.5 Å². The van der Waals surface area contributed by atoms with Crippen LogP contribution in [0.5, 0.6) is 0 Å². The number of hydrogen-bond acceptors (Lipinski definition) is 4. The van der Waals surface area contributed by atoms with E-state index in [-0.39, 0.29) is 60.2 Å². The molecule has 0 aromatic heterocycles. The first-order chi connectivity index (χ1) is 16.8. The van der Waals surface area contributed by atoms with Crippen LogP contribution in [0.25, 0.3) is 0 Å². The number of hydrogen-bond donors (Lipinski definition) is 0. The van der Waals surface area contributed by atoms with Gasteiger partial charge in [-0.05, 0) is 6.42 Å². The molecule has 1 aromatic carbocycles. The number of rotatable bonds is 13. The molecule has 0 saturated carbocycles. The van der Waals surface area contributed by atoms with Crippen molar-refractivity contribution in [2.24, 2.45) is 0 Å². The molecule has 1 unspecified atom stereocenters. The van der Waals surface area contributed by atoms with Crippen LogP contribution in [-0.4, -0.2) is 53.9 Å². The third-order valence-corrected chi connectivity index (χ3v) is 6.57. The minimum Gasteiger partial charge on any atom is -0.747 e. The summed E-state index contributed by atoms with van der Waals surface area (Å²) in [5.41, 5.74) is -3.23. The van der Waals surface area contributed by atoms with Gasteiger partial charge in [-0.2, -0.15) is 57.1 Å². The first kappa shape index (κ1) is 37.9. The van der Waals surface area contributed by atoms with Crippen LogP contribution in [-0.2, 0) is 16.0 Å². The maximum Gasteiger partial charge on any atom is 1.00 e. The fraction of sp³-hybridized carbons (Fsp3) is 0.650. The van der Waals surface area contributed by atoms with Crippen molar-refractivity contribution in [3.63, 3.8) is 0 Å². The molecule has 19 heteroatoms. The summed E-state index contributed by atoms with van der Waals surface area (Å²) in [5.74, 6) is -39.5. The number of carbonyl (C=O) groups excluding carboxylic acids is 1. The number of Topliss-reactive ketones (excluding diaryl/α,β-unsaturated/α-hetero) is 1. The van der Waals surface area contributed by atoms with Gasteiger partial charge in [0.2, 0.25) is 0 Å². The predicted molar refractivity (Wildman–Crippen MR) is 103 cm³/mol. The SMILES string of the molecule is CCCCCCC(C(=O)c1ccc(C(F)(F)C(F)(F)C(F)(F)C(F)(F)C(F)(F)C(F)(F)F)cc1)S(=O)(=O)[O-].[Na+]. The molecule has 1 atom stereocenters. The molecule has 0 saturated heterocycles. The van der Waals surface area contributed by atoms with Crippen molar-refractivity contribution in [1.29, 1.82) is 0 Å². The second kappa shape index (κ2) is 12.4. The van der Waals surface area contributed by atoms with Crippen molar-refractivity contribution in [2.45, 2.75) is 80.1 Å². The first-order valence-corrected chi connectivity index (χ1v) is 11.8. The van der Waals surface area contributed by atoms with Crippen LogP contribution in [0.4, 0.5) is 57.1 Å². The summed E-state index contributed by atoms with van der Waals surface area (Å²) in [4.78, 5) is 12.4. The van der Waals surface area contributed by atoms with E-state index in [1.807, 2.05) is 0 Å². The average molecular weight is 624 g/mol. The third kappa shape index (κ3) is 7.04. The van der Waals surface area contributed by atoms with Crippen LogP contribution in [0.2, 0.25) is 0 Å². The first-order valence-electron chi connectivity index (χ1n) is 10.4. The van der Waals surface area contributed by atoms with E-state index in [2.05, 4.69) is 0 Å². The van der Waals surface area contributed by atoms with Gasteiger partial charge in [-0.1, -0.05) is 56.9 Å². The largest absolute Gasteiger partial charge is 1.00 e. The second-order valence-electron chi connectivity index (χ2n) is 8.14. The third-order valence-electron chi connectivity index (χ3n) is 5.43. The van der Waals surface area contributed by atoms with Crippen LogP contribution in [0.3, 0.4) is 0 Å². The molecular weight excluding hydrogens is 606 g/mol. The summed E-state index contributed by atoms with van der Waals surface area (Å²) in [6.45, 7) is 1.77. The molecule has 0 aliphatic rings. The average Bonchev–Trinajstić information content (AvgIpc) is 2.76. The number of halogens is 13. The Morgan fingerprint density at radius 3 is 1.56 bits per heavy atom. The van der Waals surface area contributed by atoms with E-state index >= 15 is 0 Å². The molecule has 1 aromatic rings. The van der Waals surface area contributed by atoms with E-state index in [1.165, 1.54) is 0 Å². The number of carbonyl (C=O) groups is 1. The molecule has 220 valence electrons. The fourth-order valence-corrected chi connectivity index (χ4v) is 4.00. The van der Waals surface area contributed by atoms with Crippen molar-refractivity contribution >= 4 is 15.9 Å². The Kier molecular flexibility index (Phi) is 12.1. The number of ketones is 1. The molecule has 0 radical (unpaired) electrons. The molecule has 1 rings (SSSR count). The summed E-state index contributed by atoms with van der Waals surface area (Å²) in [7, 11) is -5.34. The molecule has 39 heavy (non-hydrogen) atoms. The maximum absolute atomic E-state index is 14.2. The van der Waals surface area contributed by atoms with Crippen molar-refractivity contribution < 1.29 is 104 Å². The zero-order valence-corrected chi connectivity index (χ0v) is 22.7. The maximum atomic E-state index is 14.2. The van der Waals surface area contributed by atoms with Crippen molar-refractivity contribution in [3.8, 4) is 0 Å². The molecule has 4 nitrogen and oxygen atoms in total. The molecule has 0 spiro atoms. The number of unbranched alkanes of at least 4 members (excludes halogenated alkanes) is 3. The van der Waals surface area contributed by atoms with Crippen molar-refractivity contribution in [3.05, 3.63) is 35.4 Å². The van der Waals surface area contributed by atoms with Gasteiger partial charge in [-0.25, -0.2) is 8.42 Å². The molecule has 0 aliphatic heterocycles. The van der Waals surface area contributed by atoms with Crippen LogP contribution >= 0.6 is 0 Å². The van der Waals surface area contributed by atoms with E-state index in [0.717, 1.165) is 0 Å². The van der Waals surface area contributed by atoms with E-state index in [0.29, 0.717) is 19.3 Å². The molecule has 0 bridgehead atoms. The van der Waals surface area contributed by atoms with Gasteiger partial charge in [0.15, 0.2) is 5.78 Å². The minimum atomic E-state index is -8.06. The normalized spacial score (nSPS) is 15.1. The van der Waals surface area contributed by atoms with Gasteiger partial charge in [0.05, 0.1) is 0 Å². The summed E-state index contributed by atoms with van der Waals surface area (Å²) in [5, 5.41) is -2.26. The smallest absolute Gasteiger partial charge is 0.747 e. The van der Waals surface area contributed by atoms with Crippen LogP contribution in [0, 0.1) is 0 Å². The zero-order chi connectivity index (χ0) is 30.2. The Bertz CT molecular complexity index is 1090. The Hall–Kier alpha value is -1.11. The van der Waals surface area contributed by atoms with Crippen LogP contribution in [0.15, 0.2) is 24.3 Å². The van der Waals surface area contributed by atoms with Crippen molar-refractivity contribution in [2.75, 3.05) is 0 Å². The van der Waals surface area contributed by atoms with E-state index in [1.54, 1.807) is 6.92 Å². The summed E-state index contributed by atoms with van der Waals surface area (Å²) >= 11 is 0. The van der Waals surface area contributed by atoms with Gasteiger partial charge in [0, 0.05) is 11.1 Å². The molecule has 0 amide bonds. The molecule has 0 N–H and O–H groups in total. The topological polar surface area (TPSA) is 74.3 Å². The second-order valence-corrected chi connectivity index (χ2v) is 9.70. The van der Waals surface area contributed by atoms with Gasteiger partial charge < -0.3 is 4.55 Å².